The van der Waals surface area contributed by atoms with Crippen LogP contribution in [0.5, 0.6) is 0 Å². The Labute approximate surface area is 88.7 Å². The monoisotopic (exact) mass is 188 g/mol. The second kappa shape index (κ2) is 7.12. The molecule has 0 radical (unpaired) electrons. The van der Waals surface area contributed by atoms with Crippen LogP contribution in [0.2, 0.25) is 0 Å². The van der Waals surface area contributed by atoms with Gasteiger partial charge >= 0.3 is 29.6 Å². The fraction of sp³-hybridized carbons (Fsp3) is 0.600. The smallest absolute Gasteiger partial charge is 0.748 e. The van der Waals surface area contributed by atoms with Gasteiger partial charge in [0.2, 0.25) is 0 Å². The van der Waals surface area contributed by atoms with E-state index in [0.717, 1.165) is 0 Å². The summed E-state index contributed by atoms with van der Waals surface area (Å²) in [4.78, 5) is 0. The second-order valence-corrected chi connectivity index (χ2v) is 3.13. The third-order valence-corrected chi connectivity index (χ3v) is 1.35. The molecule has 0 saturated carbocycles. The van der Waals surface area contributed by atoms with Gasteiger partial charge < -0.3 is 9.29 Å². The first kappa shape index (κ1) is 14.0. The topological polar surface area (TPSA) is 66.4 Å². The van der Waals surface area contributed by atoms with Crippen molar-refractivity contribution in [2.75, 3.05) is 12.4 Å². The van der Waals surface area contributed by atoms with E-state index in [1.165, 1.54) is 6.26 Å². The predicted octanol–water partition coefficient (Wildman–Crippen LogP) is -2.91. The maximum atomic E-state index is 9.93. The molecule has 0 rings (SSSR count). The molecule has 0 saturated heterocycles. The normalized spacial score (nSPS) is 11.1. The zero-order chi connectivity index (χ0) is 8.04. The summed E-state index contributed by atoms with van der Waals surface area (Å²) in [5.74, 6) is -0.475. The van der Waals surface area contributed by atoms with E-state index in [-0.39, 0.29) is 36.2 Å². The molecule has 0 fully saturated rings. The Bertz CT molecular complexity index is 197. The van der Waals surface area contributed by atoms with Gasteiger partial charge in [-0.2, -0.15) is 0 Å². The molecule has 0 bridgehead atoms. The number of hydrogen-bond acceptors (Lipinski definition) is 4. The zero-order valence-electron chi connectivity index (χ0n) is 6.61. The third kappa shape index (κ3) is 13.4. The van der Waals surface area contributed by atoms with E-state index in [9.17, 15) is 13.0 Å². The van der Waals surface area contributed by atoms with Crippen molar-refractivity contribution in [3.63, 3.8) is 0 Å². The van der Waals surface area contributed by atoms with Gasteiger partial charge in [-0.15, -0.1) is 0 Å². The van der Waals surface area contributed by atoms with E-state index in [0.29, 0.717) is 0 Å². The first-order valence-electron chi connectivity index (χ1n) is 2.72. The standard InChI is InChI=1S/C5H10O4S.Na/c1-2-3-9-4-5-10(6,7)8;/h2-3H,4-5H2,1H3,(H,6,7,8);/q;+1/p-1. The molecule has 0 amide bonds. The molecular formula is C5H9NaO4S. The minimum atomic E-state index is -4.11. The molecule has 0 spiro atoms. The Morgan fingerprint density at radius 2 is 2.09 bits per heavy atom. The van der Waals surface area contributed by atoms with Crippen LogP contribution in [-0.2, 0) is 14.9 Å². The molecule has 4 nitrogen and oxygen atoms in total. The summed E-state index contributed by atoms with van der Waals surface area (Å²) in [7, 11) is -4.11. The van der Waals surface area contributed by atoms with Crippen LogP contribution in [0.1, 0.15) is 6.92 Å². The van der Waals surface area contributed by atoms with Crippen molar-refractivity contribution in [3.8, 4) is 0 Å². The van der Waals surface area contributed by atoms with E-state index in [1.807, 2.05) is 0 Å². The molecule has 0 aliphatic heterocycles. The SMILES string of the molecule is CC=COCCS(=O)(=O)[O-].[Na+]. The van der Waals surface area contributed by atoms with Crippen LogP contribution >= 0.6 is 0 Å². The number of allylic oxidation sites excluding steroid dienone is 1. The second-order valence-electron chi connectivity index (χ2n) is 1.60. The van der Waals surface area contributed by atoms with Crippen molar-refractivity contribution >= 4 is 10.1 Å². The Morgan fingerprint density at radius 1 is 1.55 bits per heavy atom. The summed E-state index contributed by atoms with van der Waals surface area (Å²) in [6, 6.07) is 0. The Hall–Kier alpha value is 0.450. The van der Waals surface area contributed by atoms with Crippen LogP contribution in [0.15, 0.2) is 12.3 Å². The Kier molecular flexibility index (Phi) is 9.06. The molecule has 0 aromatic heterocycles. The van der Waals surface area contributed by atoms with Gasteiger partial charge in [0.15, 0.2) is 0 Å². The molecule has 0 aliphatic carbocycles. The van der Waals surface area contributed by atoms with E-state index < -0.39 is 15.9 Å². The van der Waals surface area contributed by atoms with Gasteiger partial charge in [0, 0.05) is 0 Å². The van der Waals surface area contributed by atoms with Crippen LogP contribution in [0.25, 0.3) is 0 Å². The van der Waals surface area contributed by atoms with Gasteiger partial charge in [0.05, 0.1) is 22.1 Å². The summed E-state index contributed by atoms with van der Waals surface area (Å²) < 4.78 is 34.4. The first-order chi connectivity index (χ1) is 4.56. The average Bonchev–Trinajstić information content (AvgIpc) is 1.78. The third-order valence-electron chi connectivity index (χ3n) is 0.683. The van der Waals surface area contributed by atoms with E-state index in [4.69, 9.17) is 0 Å². The van der Waals surface area contributed by atoms with E-state index in [1.54, 1.807) is 13.0 Å². The Balaban J connectivity index is 0. The van der Waals surface area contributed by atoms with Crippen LogP contribution in [0.4, 0.5) is 0 Å². The summed E-state index contributed by atoms with van der Waals surface area (Å²) in [6.45, 7) is 1.65. The summed E-state index contributed by atoms with van der Waals surface area (Å²) in [6.07, 6.45) is 2.95. The van der Waals surface area contributed by atoms with Gasteiger partial charge in [0.1, 0.15) is 6.61 Å². The number of ether oxygens (including phenoxy) is 1. The number of hydrogen-bond donors (Lipinski definition) is 0. The summed E-state index contributed by atoms with van der Waals surface area (Å²) in [5.41, 5.74) is 0. The van der Waals surface area contributed by atoms with Crippen molar-refractivity contribution in [1.82, 2.24) is 0 Å². The molecule has 0 aromatic carbocycles. The molecule has 60 valence electrons. The molecule has 0 heterocycles. The van der Waals surface area contributed by atoms with Gasteiger partial charge in [0.25, 0.3) is 0 Å². The molecule has 11 heavy (non-hydrogen) atoms. The van der Waals surface area contributed by atoms with Crippen molar-refractivity contribution in [2.45, 2.75) is 6.92 Å². The molecule has 6 heteroatoms. The fourth-order valence-corrected chi connectivity index (χ4v) is 0.615. The summed E-state index contributed by atoms with van der Waals surface area (Å²) >= 11 is 0. The summed E-state index contributed by atoms with van der Waals surface area (Å²) in [5, 5.41) is 0. The van der Waals surface area contributed by atoms with Crippen molar-refractivity contribution in [2.24, 2.45) is 0 Å². The molecule has 0 atom stereocenters. The fourth-order valence-electron chi connectivity index (χ4n) is 0.314. The molecular weight excluding hydrogens is 179 g/mol. The average molecular weight is 188 g/mol. The predicted molar refractivity (Wildman–Crippen MR) is 35.3 cm³/mol. The molecule has 0 N–H and O–H groups in total. The van der Waals surface area contributed by atoms with Crippen LogP contribution < -0.4 is 29.6 Å². The van der Waals surface area contributed by atoms with Crippen LogP contribution in [0.3, 0.4) is 0 Å². The minimum Gasteiger partial charge on any atom is -0.748 e. The van der Waals surface area contributed by atoms with Crippen molar-refractivity contribution in [3.05, 3.63) is 12.3 Å². The maximum Gasteiger partial charge on any atom is 1.00 e. The van der Waals surface area contributed by atoms with Crippen molar-refractivity contribution in [1.29, 1.82) is 0 Å². The minimum absolute atomic E-state index is 0. The molecule has 0 aromatic rings. The van der Waals surface area contributed by atoms with E-state index >= 15 is 0 Å². The van der Waals surface area contributed by atoms with Gasteiger partial charge in [-0.05, 0) is 6.92 Å². The largest absolute Gasteiger partial charge is 1.00 e. The maximum absolute atomic E-state index is 9.93. The quantitative estimate of drug-likeness (QED) is 0.205. The molecule has 0 aliphatic rings. The van der Waals surface area contributed by atoms with Gasteiger partial charge in [-0.3, -0.25) is 0 Å². The number of rotatable bonds is 4. The van der Waals surface area contributed by atoms with Gasteiger partial charge in [-0.1, -0.05) is 6.08 Å². The van der Waals surface area contributed by atoms with Crippen molar-refractivity contribution < 1.29 is 47.3 Å². The Morgan fingerprint density at radius 3 is 2.45 bits per heavy atom. The van der Waals surface area contributed by atoms with E-state index in [2.05, 4.69) is 4.74 Å². The van der Waals surface area contributed by atoms with Gasteiger partial charge in [-0.25, -0.2) is 8.42 Å². The van der Waals surface area contributed by atoms with Crippen LogP contribution in [-0.4, -0.2) is 25.3 Å². The first-order valence-corrected chi connectivity index (χ1v) is 4.30. The molecule has 0 unspecified atom stereocenters. The zero-order valence-corrected chi connectivity index (χ0v) is 9.43. The van der Waals surface area contributed by atoms with Crippen LogP contribution in [0, 0.1) is 0 Å².